The zero-order chi connectivity index (χ0) is 27.7. The van der Waals surface area contributed by atoms with Gasteiger partial charge in [0, 0.05) is 19.5 Å². The van der Waals surface area contributed by atoms with Gasteiger partial charge >= 0.3 is 6.09 Å². The van der Waals surface area contributed by atoms with Crippen LogP contribution in [0.3, 0.4) is 0 Å². The van der Waals surface area contributed by atoms with Crippen molar-refractivity contribution in [3.8, 4) is 0 Å². The van der Waals surface area contributed by atoms with E-state index in [0.717, 1.165) is 60.8 Å². The molecule has 4 nitrogen and oxygen atoms in total. The van der Waals surface area contributed by atoms with Gasteiger partial charge in [-0.15, -0.1) is 0 Å². The number of hydrogen-bond acceptors (Lipinski definition) is 3. The first-order valence-corrected chi connectivity index (χ1v) is 16.3. The second kappa shape index (κ2) is 12.2. The summed E-state index contributed by atoms with van der Waals surface area (Å²) in [6, 6.07) is 0. The topological polar surface area (TPSA) is 41.6 Å². The van der Waals surface area contributed by atoms with Gasteiger partial charge in [-0.2, -0.15) is 0 Å². The number of hydrogen-bond donors (Lipinski definition) is 1. The van der Waals surface area contributed by atoms with Crippen molar-refractivity contribution in [1.82, 2.24) is 10.2 Å². The van der Waals surface area contributed by atoms with Gasteiger partial charge in [0.2, 0.25) is 0 Å². The van der Waals surface area contributed by atoms with Gasteiger partial charge < -0.3 is 15.0 Å². The van der Waals surface area contributed by atoms with Crippen LogP contribution >= 0.6 is 0 Å². The number of nitrogens with zero attached hydrogens (tertiary/aromatic N) is 1. The van der Waals surface area contributed by atoms with E-state index in [9.17, 15) is 4.79 Å². The van der Waals surface area contributed by atoms with Crippen molar-refractivity contribution in [3.05, 3.63) is 11.6 Å². The Bertz CT molecular complexity index is 836. The highest BCUT2D eigenvalue weighted by Gasteiger charge is 2.59. The molecule has 4 aliphatic rings. The van der Waals surface area contributed by atoms with Gasteiger partial charge in [0.05, 0.1) is 0 Å². The summed E-state index contributed by atoms with van der Waals surface area (Å²) < 4.78 is 5.88. The number of carbonyl (C=O) groups is 1. The maximum absolute atomic E-state index is 12.4. The largest absolute Gasteiger partial charge is 0.446 e. The Morgan fingerprint density at radius 3 is 2.53 bits per heavy atom. The fourth-order valence-electron chi connectivity index (χ4n) is 9.97. The van der Waals surface area contributed by atoms with Gasteiger partial charge in [0.1, 0.15) is 6.10 Å². The third-order valence-electron chi connectivity index (χ3n) is 12.4. The fraction of sp³-hybridized carbons (Fsp3) is 0.912. The van der Waals surface area contributed by atoms with Crippen LogP contribution in [0.5, 0.6) is 0 Å². The van der Waals surface area contributed by atoms with E-state index in [-0.39, 0.29) is 12.2 Å². The van der Waals surface area contributed by atoms with E-state index < -0.39 is 0 Å². The molecule has 0 bridgehead atoms. The van der Waals surface area contributed by atoms with Gasteiger partial charge in [-0.3, -0.25) is 0 Å². The summed E-state index contributed by atoms with van der Waals surface area (Å²) in [7, 11) is 4.04. The number of alkyl carbamates (subject to hydrolysis) is 1. The molecule has 9 atom stereocenters. The monoisotopic (exact) mass is 528 g/mol. The van der Waals surface area contributed by atoms with E-state index in [0.29, 0.717) is 17.4 Å². The van der Waals surface area contributed by atoms with E-state index in [1.165, 1.54) is 57.8 Å². The summed E-state index contributed by atoms with van der Waals surface area (Å²) >= 11 is 0. The molecule has 4 rings (SSSR count). The summed E-state index contributed by atoms with van der Waals surface area (Å²) in [6.07, 6.45) is 16.7. The standard InChI is InChI=1S/C34H60N2O2/c1-9-25(23(2)3)11-10-24(4)29-14-15-30-28-13-12-26-22-27(38-32(37)35-20-21-36(7)8)16-18-33(26,5)31(28)17-19-34(29,30)6/h12,23-25,27-31H,9-11,13-22H2,1-8H3,(H,35,37)/t24-,25-,27?,28?,29-,30+,31+,33+,34-/m1/s1. The summed E-state index contributed by atoms with van der Waals surface area (Å²) in [5, 5.41) is 2.93. The highest BCUT2D eigenvalue weighted by Crippen LogP contribution is 2.67. The maximum Gasteiger partial charge on any atom is 0.407 e. The molecule has 0 spiro atoms. The van der Waals surface area contributed by atoms with Crippen LogP contribution in [0.1, 0.15) is 112 Å². The van der Waals surface area contributed by atoms with Crippen molar-refractivity contribution in [2.75, 3.05) is 27.2 Å². The minimum absolute atomic E-state index is 0.0357. The molecule has 0 aromatic carbocycles. The number of nitrogens with one attached hydrogen (secondary N) is 1. The first kappa shape index (κ1) is 29.9. The summed E-state index contributed by atoms with van der Waals surface area (Å²) in [5.74, 6) is 6.04. The van der Waals surface area contributed by atoms with Gasteiger partial charge in [-0.05, 0) is 118 Å². The maximum atomic E-state index is 12.4. The second-order valence-electron chi connectivity index (χ2n) is 15.0. The Morgan fingerprint density at radius 2 is 1.84 bits per heavy atom. The molecule has 0 aromatic rings. The zero-order valence-electron chi connectivity index (χ0n) is 26.2. The van der Waals surface area contributed by atoms with Crippen molar-refractivity contribution >= 4 is 6.09 Å². The Hall–Kier alpha value is -1.03. The summed E-state index contributed by atoms with van der Waals surface area (Å²) in [4.78, 5) is 14.4. The van der Waals surface area contributed by atoms with E-state index in [4.69, 9.17) is 4.74 Å². The van der Waals surface area contributed by atoms with E-state index >= 15 is 0 Å². The van der Waals surface area contributed by atoms with Crippen LogP contribution in [-0.4, -0.2) is 44.3 Å². The molecule has 38 heavy (non-hydrogen) atoms. The molecule has 0 aliphatic heterocycles. The van der Waals surface area contributed by atoms with Gasteiger partial charge in [0.15, 0.2) is 0 Å². The van der Waals surface area contributed by atoms with Crippen molar-refractivity contribution < 1.29 is 9.53 Å². The summed E-state index contributed by atoms with van der Waals surface area (Å²) in [6.45, 7) is 16.5. The lowest BCUT2D eigenvalue weighted by Gasteiger charge is -2.58. The second-order valence-corrected chi connectivity index (χ2v) is 15.0. The van der Waals surface area contributed by atoms with Crippen LogP contribution < -0.4 is 5.32 Å². The predicted octanol–water partition coefficient (Wildman–Crippen LogP) is 8.32. The molecule has 3 fully saturated rings. The average Bonchev–Trinajstić information content (AvgIpc) is 3.21. The SMILES string of the molecule is CC[C@H](CC[C@@H](C)[C@H]1CC[C@H]2C3CC=C4CC(OC(=O)NCCN(C)C)CC[C@]4(C)[C@H]3CC[C@]12C)C(C)C. The highest BCUT2D eigenvalue weighted by molar-refractivity contribution is 5.67. The molecule has 0 heterocycles. The van der Waals surface area contributed by atoms with Crippen molar-refractivity contribution in [2.45, 2.75) is 118 Å². The first-order chi connectivity index (χ1) is 18.0. The van der Waals surface area contributed by atoms with E-state index in [1.54, 1.807) is 5.57 Å². The molecule has 4 aliphatic carbocycles. The molecule has 0 radical (unpaired) electrons. The third kappa shape index (κ3) is 6.01. The lowest BCUT2D eigenvalue weighted by atomic mass is 9.47. The molecule has 2 unspecified atom stereocenters. The van der Waals surface area contributed by atoms with Crippen molar-refractivity contribution in [2.24, 2.45) is 52.3 Å². The Balaban J connectivity index is 1.37. The third-order valence-corrected chi connectivity index (χ3v) is 12.4. The van der Waals surface area contributed by atoms with Crippen LogP contribution in [0.4, 0.5) is 4.79 Å². The molecule has 1 N–H and O–H groups in total. The van der Waals surface area contributed by atoms with Crippen LogP contribution in [0, 0.1) is 52.3 Å². The zero-order valence-corrected chi connectivity index (χ0v) is 26.2. The van der Waals surface area contributed by atoms with Crippen LogP contribution in [-0.2, 0) is 4.74 Å². The number of fused-ring (bicyclic) bond motifs is 5. The number of carbonyl (C=O) groups excluding carboxylic acids is 1. The number of ether oxygens (including phenoxy) is 1. The lowest BCUT2D eigenvalue weighted by molar-refractivity contribution is -0.0583. The molecular weight excluding hydrogens is 468 g/mol. The van der Waals surface area contributed by atoms with Crippen molar-refractivity contribution in [1.29, 1.82) is 0 Å². The Kier molecular flexibility index (Phi) is 9.64. The van der Waals surface area contributed by atoms with E-state index in [1.807, 2.05) is 14.1 Å². The summed E-state index contributed by atoms with van der Waals surface area (Å²) in [5.41, 5.74) is 2.44. The van der Waals surface area contributed by atoms with Gasteiger partial charge in [0.25, 0.3) is 0 Å². The molecular formula is C34H60N2O2. The quantitative estimate of drug-likeness (QED) is 0.290. The lowest BCUT2D eigenvalue weighted by Crippen LogP contribution is -2.51. The minimum atomic E-state index is -0.243. The molecule has 218 valence electrons. The molecule has 3 saturated carbocycles. The van der Waals surface area contributed by atoms with Crippen molar-refractivity contribution in [3.63, 3.8) is 0 Å². The highest BCUT2D eigenvalue weighted by atomic mass is 16.6. The average molecular weight is 529 g/mol. The van der Waals surface area contributed by atoms with Gasteiger partial charge in [-0.25, -0.2) is 4.79 Å². The van der Waals surface area contributed by atoms with Crippen LogP contribution in [0.2, 0.25) is 0 Å². The number of amides is 1. The normalized spacial score (nSPS) is 38.2. The molecule has 1 amide bonds. The first-order valence-electron chi connectivity index (χ1n) is 16.3. The minimum Gasteiger partial charge on any atom is -0.446 e. The Labute approximate surface area is 235 Å². The van der Waals surface area contributed by atoms with Crippen LogP contribution in [0.25, 0.3) is 0 Å². The predicted molar refractivity (Wildman–Crippen MR) is 159 cm³/mol. The van der Waals surface area contributed by atoms with Gasteiger partial charge in [-0.1, -0.05) is 66.0 Å². The Morgan fingerprint density at radius 1 is 1.08 bits per heavy atom. The fourth-order valence-corrected chi connectivity index (χ4v) is 9.97. The number of allylic oxidation sites excluding steroid dienone is 1. The number of rotatable bonds is 10. The molecule has 0 aromatic heterocycles. The molecule has 0 saturated heterocycles. The smallest absolute Gasteiger partial charge is 0.407 e. The molecule has 4 heteroatoms. The van der Waals surface area contributed by atoms with Crippen LogP contribution in [0.15, 0.2) is 11.6 Å². The van der Waals surface area contributed by atoms with E-state index in [2.05, 4.69) is 57.8 Å². The number of likely N-dealkylation sites (N-methyl/N-ethyl adjacent to an activating group) is 1.